The molecule has 1 amide bonds. The lowest BCUT2D eigenvalue weighted by molar-refractivity contribution is -0.132. The van der Waals surface area contributed by atoms with E-state index in [1.807, 2.05) is 59.5 Å². The van der Waals surface area contributed by atoms with Gasteiger partial charge in [-0.2, -0.15) is 4.98 Å². The highest BCUT2D eigenvalue weighted by molar-refractivity contribution is 5.76. The molecule has 1 aliphatic rings. The summed E-state index contributed by atoms with van der Waals surface area (Å²) in [4.78, 5) is 21.4. The minimum absolute atomic E-state index is 0.222. The summed E-state index contributed by atoms with van der Waals surface area (Å²) >= 11 is 0. The Labute approximate surface area is 182 Å². The van der Waals surface area contributed by atoms with Crippen molar-refractivity contribution >= 4 is 5.91 Å². The van der Waals surface area contributed by atoms with Gasteiger partial charge >= 0.3 is 0 Å². The highest BCUT2D eigenvalue weighted by atomic mass is 16.5. The number of carbonyl (C=O) groups is 1. The van der Waals surface area contributed by atoms with Crippen molar-refractivity contribution in [2.75, 3.05) is 39.8 Å². The molecule has 7 heteroatoms. The number of benzene rings is 2. The molecule has 0 bridgehead atoms. The van der Waals surface area contributed by atoms with Gasteiger partial charge in [0.25, 0.3) is 0 Å². The molecule has 1 fully saturated rings. The van der Waals surface area contributed by atoms with Gasteiger partial charge in [0.15, 0.2) is 0 Å². The first kappa shape index (κ1) is 21.1. The third-order valence-electron chi connectivity index (χ3n) is 5.65. The molecule has 0 saturated carbocycles. The van der Waals surface area contributed by atoms with E-state index in [-0.39, 0.29) is 5.91 Å². The third kappa shape index (κ3) is 5.70. The predicted molar refractivity (Wildman–Crippen MR) is 118 cm³/mol. The van der Waals surface area contributed by atoms with Crippen molar-refractivity contribution < 1.29 is 14.1 Å². The number of hydrogen-bond acceptors (Lipinski definition) is 6. The maximum Gasteiger partial charge on any atom is 0.228 e. The van der Waals surface area contributed by atoms with Crippen LogP contribution in [-0.2, 0) is 17.6 Å². The number of amides is 1. The van der Waals surface area contributed by atoms with Crippen molar-refractivity contribution in [2.45, 2.75) is 19.3 Å². The molecule has 3 aromatic rings. The van der Waals surface area contributed by atoms with E-state index in [0.29, 0.717) is 24.6 Å². The summed E-state index contributed by atoms with van der Waals surface area (Å²) in [6.45, 7) is 4.12. The Bertz CT molecular complexity index is 964. The van der Waals surface area contributed by atoms with E-state index in [9.17, 15) is 4.79 Å². The second-order valence-corrected chi connectivity index (χ2v) is 7.70. The molecule has 4 rings (SSSR count). The molecule has 0 radical (unpaired) electrons. The largest absolute Gasteiger partial charge is 0.497 e. The van der Waals surface area contributed by atoms with Gasteiger partial charge in [-0.15, -0.1) is 0 Å². The topological polar surface area (TPSA) is 71.7 Å². The van der Waals surface area contributed by atoms with E-state index in [1.54, 1.807) is 7.11 Å². The monoisotopic (exact) mass is 420 g/mol. The number of rotatable bonds is 8. The molecule has 1 aliphatic heterocycles. The Morgan fingerprint density at radius 2 is 1.74 bits per heavy atom. The zero-order valence-electron chi connectivity index (χ0n) is 17.9. The van der Waals surface area contributed by atoms with Crippen LogP contribution in [0.2, 0.25) is 0 Å². The fourth-order valence-corrected chi connectivity index (χ4v) is 3.74. The average Bonchev–Trinajstić information content (AvgIpc) is 3.31. The van der Waals surface area contributed by atoms with Crippen LogP contribution < -0.4 is 4.74 Å². The van der Waals surface area contributed by atoms with Gasteiger partial charge in [-0.1, -0.05) is 47.6 Å². The standard InChI is InChI=1S/C24H28N4O3/c1-30-21-10-7-19(8-11-21)9-12-23(29)28-17-15-27(16-18-28)14-13-22-25-24(26-31-22)20-5-3-2-4-6-20/h2-8,10-11H,9,12-18H2,1H3. The number of carbonyl (C=O) groups excluding carboxylic acids is 1. The number of aromatic nitrogens is 2. The Kier molecular flexibility index (Phi) is 6.94. The summed E-state index contributed by atoms with van der Waals surface area (Å²) in [6, 6.07) is 17.7. The fourth-order valence-electron chi connectivity index (χ4n) is 3.74. The van der Waals surface area contributed by atoms with Crippen LogP contribution >= 0.6 is 0 Å². The SMILES string of the molecule is COc1ccc(CCC(=O)N2CCN(CCc3nc(-c4ccccc4)no3)CC2)cc1. The Balaban J connectivity index is 1.18. The molecule has 162 valence electrons. The summed E-state index contributed by atoms with van der Waals surface area (Å²) in [5.41, 5.74) is 2.11. The summed E-state index contributed by atoms with van der Waals surface area (Å²) in [5, 5.41) is 4.08. The minimum atomic E-state index is 0.222. The molecule has 1 saturated heterocycles. The number of nitrogens with zero attached hydrogens (tertiary/aromatic N) is 4. The molecule has 0 atom stereocenters. The van der Waals surface area contributed by atoms with Gasteiger partial charge in [0.2, 0.25) is 17.6 Å². The first-order chi connectivity index (χ1) is 15.2. The summed E-state index contributed by atoms with van der Waals surface area (Å²) in [5.74, 6) is 2.34. The molecular weight excluding hydrogens is 392 g/mol. The van der Waals surface area contributed by atoms with Crippen molar-refractivity contribution in [3.05, 3.63) is 66.1 Å². The minimum Gasteiger partial charge on any atom is -0.497 e. The van der Waals surface area contributed by atoms with Crippen molar-refractivity contribution in [2.24, 2.45) is 0 Å². The van der Waals surface area contributed by atoms with Crippen molar-refractivity contribution in [1.29, 1.82) is 0 Å². The van der Waals surface area contributed by atoms with Gasteiger partial charge in [0.05, 0.1) is 7.11 Å². The van der Waals surface area contributed by atoms with Crippen LogP contribution in [0, 0.1) is 0 Å². The van der Waals surface area contributed by atoms with Gasteiger partial charge in [-0.05, 0) is 24.1 Å². The van der Waals surface area contributed by atoms with E-state index < -0.39 is 0 Å². The second kappa shape index (κ2) is 10.2. The number of ether oxygens (including phenoxy) is 1. The molecule has 0 unspecified atom stereocenters. The van der Waals surface area contributed by atoms with E-state index in [0.717, 1.165) is 56.0 Å². The van der Waals surface area contributed by atoms with Gasteiger partial charge in [0, 0.05) is 51.1 Å². The number of piperazine rings is 1. The van der Waals surface area contributed by atoms with Crippen molar-refractivity contribution in [1.82, 2.24) is 19.9 Å². The average molecular weight is 421 g/mol. The molecule has 0 N–H and O–H groups in total. The maximum absolute atomic E-state index is 12.6. The van der Waals surface area contributed by atoms with Crippen LogP contribution in [0.5, 0.6) is 5.75 Å². The number of aryl methyl sites for hydroxylation is 1. The predicted octanol–water partition coefficient (Wildman–Crippen LogP) is 3.06. The van der Waals surface area contributed by atoms with Crippen LogP contribution in [-0.4, -0.2) is 65.7 Å². The normalized spacial score (nSPS) is 14.5. The first-order valence-corrected chi connectivity index (χ1v) is 10.7. The fraction of sp³-hybridized carbons (Fsp3) is 0.375. The van der Waals surface area contributed by atoms with Crippen molar-refractivity contribution in [3.63, 3.8) is 0 Å². The summed E-state index contributed by atoms with van der Waals surface area (Å²) < 4.78 is 10.6. The molecule has 2 aromatic carbocycles. The van der Waals surface area contributed by atoms with Crippen LogP contribution in [0.15, 0.2) is 59.1 Å². The van der Waals surface area contributed by atoms with Crippen LogP contribution in [0.25, 0.3) is 11.4 Å². The van der Waals surface area contributed by atoms with E-state index in [2.05, 4.69) is 15.0 Å². The lowest BCUT2D eigenvalue weighted by Gasteiger charge is -2.34. The molecule has 0 aliphatic carbocycles. The highest BCUT2D eigenvalue weighted by Gasteiger charge is 2.21. The van der Waals surface area contributed by atoms with Gasteiger partial charge in [0.1, 0.15) is 5.75 Å². The Morgan fingerprint density at radius 1 is 1.00 bits per heavy atom. The third-order valence-corrected chi connectivity index (χ3v) is 5.65. The van der Waals surface area contributed by atoms with Gasteiger partial charge in [-0.3, -0.25) is 9.69 Å². The molecule has 31 heavy (non-hydrogen) atoms. The van der Waals surface area contributed by atoms with Gasteiger partial charge < -0.3 is 14.2 Å². The van der Waals surface area contributed by atoms with Crippen LogP contribution in [0.4, 0.5) is 0 Å². The zero-order valence-corrected chi connectivity index (χ0v) is 17.9. The lowest BCUT2D eigenvalue weighted by atomic mass is 10.1. The first-order valence-electron chi connectivity index (χ1n) is 10.7. The second-order valence-electron chi connectivity index (χ2n) is 7.70. The smallest absolute Gasteiger partial charge is 0.228 e. The summed E-state index contributed by atoms with van der Waals surface area (Å²) in [7, 11) is 1.65. The van der Waals surface area contributed by atoms with Crippen molar-refractivity contribution in [3.8, 4) is 17.1 Å². The molecule has 1 aromatic heterocycles. The molecule has 2 heterocycles. The molecule has 0 spiro atoms. The zero-order chi connectivity index (χ0) is 21.5. The molecule has 7 nitrogen and oxygen atoms in total. The number of methoxy groups -OCH3 is 1. The quantitative estimate of drug-likeness (QED) is 0.558. The van der Waals surface area contributed by atoms with Crippen LogP contribution in [0.3, 0.4) is 0 Å². The van der Waals surface area contributed by atoms with Gasteiger partial charge in [-0.25, -0.2) is 0 Å². The van der Waals surface area contributed by atoms with E-state index in [4.69, 9.17) is 9.26 Å². The lowest BCUT2D eigenvalue weighted by Crippen LogP contribution is -2.49. The van der Waals surface area contributed by atoms with E-state index in [1.165, 1.54) is 0 Å². The Morgan fingerprint density at radius 3 is 2.45 bits per heavy atom. The maximum atomic E-state index is 12.6. The molecular formula is C24H28N4O3. The highest BCUT2D eigenvalue weighted by Crippen LogP contribution is 2.16. The van der Waals surface area contributed by atoms with E-state index >= 15 is 0 Å². The number of hydrogen-bond donors (Lipinski definition) is 0. The van der Waals surface area contributed by atoms with Crippen LogP contribution in [0.1, 0.15) is 17.9 Å². The summed E-state index contributed by atoms with van der Waals surface area (Å²) in [6.07, 6.45) is 2.01. The Hall–Kier alpha value is -3.19.